The highest BCUT2D eigenvalue weighted by atomic mass is 16.5. The van der Waals surface area contributed by atoms with Gasteiger partial charge in [-0.1, -0.05) is 0 Å². The maximum absolute atomic E-state index is 9.12. The van der Waals surface area contributed by atoms with Gasteiger partial charge in [0.15, 0.2) is 11.6 Å². The van der Waals surface area contributed by atoms with Gasteiger partial charge in [-0.3, -0.25) is 5.10 Å². The Morgan fingerprint density at radius 3 is 2.89 bits per heavy atom. The summed E-state index contributed by atoms with van der Waals surface area (Å²) in [5, 5.41) is 21.8. The Morgan fingerprint density at radius 2 is 2.11 bits per heavy atom. The lowest BCUT2D eigenvalue weighted by atomic mass is 10.2. The van der Waals surface area contributed by atoms with Crippen LogP contribution < -0.4 is 4.74 Å². The van der Waals surface area contributed by atoms with Crippen molar-refractivity contribution >= 4 is 10.9 Å². The number of aliphatic hydroxyl groups excluding tert-OH is 1. The largest absolute Gasteiger partial charge is 0.491 e. The predicted octanol–water partition coefficient (Wildman–Crippen LogP) is 2.84. The maximum atomic E-state index is 9.12. The van der Waals surface area contributed by atoms with Crippen LogP contribution in [-0.2, 0) is 6.42 Å². The molecule has 1 aromatic carbocycles. The fourth-order valence-corrected chi connectivity index (χ4v) is 3.02. The molecule has 8 nitrogen and oxygen atoms in total. The number of aromatic nitrogens is 6. The third-order valence-corrected chi connectivity index (χ3v) is 4.32. The van der Waals surface area contributed by atoms with Crippen LogP contribution in [0.25, 0.3) is 28.2 Å². The molecule has 4 aromatic rings. The third kappa shape index (κ3) is 3.46. The van der Waals surface area contributed by atoms with E-state index in [1.54, 1.807) is 17.1 Å². The normalized spacial score (nSPS) is 11.5. The molecule has 0 radical (unpaired) electrons. The summed E-state index contributed by atoms with van der Waals surface area (Å²) in [5.41, 5.74) is 3.39. The van der Waals surface area contributed by atoms with Crippen LogP contribution in [0.1, 0.15) is 25.0 Å². The van der Waals surface area contributed by atoms with Gasteiger partial charge in [-0.25, -0.2) is 14.6 Å². The highest BCUT2D eigenvalue weighted by molar-refractivity contribution is 5.92. The van der Waals surface area contributed by atoms with Crippen LogP contribution in [0.5, 0.6) is 5.75 Å². The molecule has 0 aliphatic carbocycles. The van der Waals surface area contributed by atoms with E-state index in [2.05, 4.69) is 20.3 Å². The Balaban J connectivity index is 1.77. The van der Waals surface area contributed by atoms with Gasteiger partial charge in [-0.2, -0.15) is 10.2 Å². The number of aliphatic hydroxyl groups is 1. The molecule has 2 N–H and O–H groups in total. The molecule has 0 aliphatic heterocycles. The Labute approximate surface area is 162 Å². The van der Waals surface area contributed by atoms with Crippen LogP contribution >= 0.6 is 0 Å². The molecule has 0 fully saturated rings. The minimum absolute atomic E-state index is 0.0831. The van der Waals surface area contributed by atoms with Gasteiger partial charge in [0, 0.05) is 30.0 Å². The highest BCUT2D eigenvalue weighted by Crippen LogP contribution is 2.28. The van der Waals surface area contributed by atoms with Crippen molar-refractivity contribution in [3.8, 4) is 23.1 Å². The van der Waals surface area contributed by atoms with Crippen molar-refractivity contribution in [1.29, 1.82) is 0 Å². The van der Waals surface area contributed by atoms with Crippen LogP contribution in [0.4, 0.5) is 0 Å². The number of aromatic amines is 1. The Bertz CT molecular complexity index is 1120. The van der Waals surface area contributed by atoms with Crippen molar-refractivity contribution in [2.24, 2.45) is 0 Å². The molecule has 0 spiro atoms. The lowest BCUT2D eigenvalue weighted by Gasteiger charge is -2.09. The summed E-state index contributed by atoms with van der Waals surface area (Å²) in [6.07, 6.45) is 6.01. The van der Waals surface area contributed by atoms with Gasteiger partial charge in [0.25, 0.3) is 0 Å². The number of rotatable bonds is 6. The number of ether oxygens (including phenoxy) is 1. The summed E-state index contributed by atoms with van der Waals surface area (Å²) < 4.78 is 7.51. The second-order valence-corrected chi connectivity index (χ2v) is 6.91. The zero-order valence-corrected chi connectivity index (χ0v) is 16.0. The fourth-order valence-electron chi connectivity index (χ4n) is 3.02. The first-order valence-electron chi connectivity index (χ1n) is 9.18. The first kappa shape index (κ1) is 18.1. The predicted molar refractivity (Wildman–Crippen MR) is 106 cm³/mol. The van der Waals surface area contributed by atoms with Crippen LogP contribution in [-0.4, -0.2) is 47.8 Å². The van der Waals surface area contributed by atoms with Gasteiger partial charge in [-0.15, -0.1) is 0 Å². The average molecular weight is 378 g/mol. The molecule has 0 atom stereocenters. The zero-order chi connectivity index (χ0) is 19.7. The summed E-state index contributed by atoms with van der Waals surface area (Å²) in [6, 6.07) is 5.80. The van der Waals surface area contributed by atoms with E-state index in [9.17, 15) is 0 Å². The van der Waals surface area contributed by atoms with Gasteiger partial charge in [0.05, 0.1) is 17.8 Å². The van der Waals surface area contributed by atoms with E-state index < -0.39 is 0 Å². The molecule has 0 bridgehead atoms. The van der Waals surface area contributed by atoms with Gasteiger partial charge < -0.3 is 9.84 Å². The molecule has 3 aromatic heterocycles. The number of hydrogen-bond acceptors (Lipinski definition) is 6. The summed E-state index contributed by atoms with van der Waals surface area (Å²) in [4.78, 5) is 9.18. The van der Waals surface area contributed by atoms with E-state index in [-0.39, 0.29) is 12.7 Å². The maximum Gasteiger partial charge on any atom is 0.182 e. The number of aryl methyl sites for hydroxylation is 1. The van der Waals surface area contributed by atoms with Crippen LogP contribution in [0.3, 0.4) is 0 Å². The SMILES string of the molecule is Cc1cnc(-c2n[nH]c3ccc(OC(C)C)cc23)nc1-n1cc(CCO)cn1. The summed E-state index contributed by atoms with van der Waals surface area (Å²) in [5.74, 6) is 1.96. The minimum Gasteiger partial charge on any atom is -0.491 e. The lowest BCUT2D eigenvalue weighted by Crippen LogP contribution is -2.05. The minimum atomic E-state index is 0.0831. The second-order valence-electron chi connectivity index (χ2n) is 6.91. The van der Waals surface area contributed by atoms with Crippen molar-refractivity contribution in [3.05, 3.63) is 47.9 Å². The topological polar surface area (TPSA) is 102 Å². The summed E-state index contributed by atoms with van der Waals surface area (Å²) in [6.45, 7) is 6.00. The molecular formula is C20H22N6O2. The molecule has 144 valence electrons. The number of fused-ring (bicyclic) bond motifs is 1. The van der Waals surface area contributed by atoms with Crippen molar-refractivity contribution < 1.29 is 9.84 Å². The molecular weight excluding hydrogens is 356 g/mol. The van der Waals surface area contributed by atoms with Crippen molar-refractivity contribution in [3.63, 3.8) is 0 Å². The van der Waals surface area contributed by atoms with E-state index in [1.807, 2.05) is 45.2 Å². The first-order valence-corrected chi connectivity index (χ1v) is 9.18. The van der Waals surface area contributed by atoms with Crippen molar-refractivity contribution in [1.82, 2.24) is 29.9 Å². The van der Waals surface area contributed by atoms with Crippen molar-refractivity contribution in [2.75, 3.05) is 6.61 Å². The average Bonchev–Trinajstić information content (AvgIpc) is 3.29. The van der Waals surface area contributed by atoms with Crippen molar-refractivity contribution in [2.45, 2.75) is 33.3 Å². The molecule has 0 aliphatic rings. The van der Waals surface area contributed by atoms with E-state index in [0.717, 1.165) is 27.8 Å². The Hall–Kier alpha value is -3.26. The Kier molecular flexibility index (Phi) is 4.79. The molecule has 3 heterocycles. The molecule has 28 heavy (non-hydrogen) atoms. The molecule has 0 amide bonds. The number of hydrogen-bond donors (Lipinski definition) is 2. The third-order valence-electron chi connectivity index (χ3n) is 4.32. The summed E-state index contributed by atoms with van der Waals surface area (Å²) >= 11 is 0. The zero-order valence-electron chi connectivity index (χ0n) is 16.0. The van der Waals surface area contributed by atoms with Crippen LogP contribution in [0.15, 0.2) is 36.8 Å². The number of nitrogens with one attached hydrogen (secondary N) is 1. The molecule has 4 rings (SSSR count). The second kappa shape index (κ2) is 7.40. The standard InChI is InChI=1S/C20H22N6O2/c1-12(2)28-15-4-5-17-16(8-15)18(25-24-17)19-21-9-13(3)20(23-19)26-11-14(6-7-27)10-22-26/h4-5,8-12,27H,6-7H2,1-3H3,(H,24,25). The number of benzene rings is 1. The van der Waals surface area contributed by atoms with Gasteiger partial charge in [0.2, 0.25) is 0 Å². The number of H-pyrrole nitrogens is 1. The van der Waals surface area contributed by atoms with Crippen LogP contribution in [0, 0.1) is 6.92 Å². The molecule has 0 saturated carbocycles. The first-order chi connectivity index (χ1) is 13.5. The van der Waals surface area contributed by atoms with Gasteiger partial charge in [0.1, 0.15) is 11.4 Å². The van der Waals surface area contributed by atoms with E-state index >= 15 is 0 Å². The fraction of sp³-hybridized carbons (Fsp3) is 0.300. The molecule has 8 heteroatoms. The van der Waals surface area contributed by atoms with E-state index in [4.69, 9.17) is 14.8 Å². The lowest BCUT2D eigenvalue weighted by molar-refractivity contribution is 0.243. The smallest absolute Gasteiger partial charge is 0.182 e. The monoisotopic (exact) mass is 378 g/mol. The quantitative estimate of drug-likeness (QED) is 0.535. The Morgan fingerprint density at radius 1 is 1.25 bits per heavy atom. The van der Waals surface area contributed by atoms with E-state index in [1.165, 1.54) is 0 Å². The highest BCUT2D eigenvalue weighted by Gasteiger charge is 2.15. The molecule has 0 saturated heterocycles. The van der Waals surface area contributed by atoms with Crippen LogP contribution in [0.2, 0.25) is 0 Å². The number of nitrogens with zero attached hydrogens (tertiary/aromatic N) is 5. The van der Waals surface area contributed by atoms with E-state index in [0.29, 0.717) is 23.8 Å². The van der Waals surface area contributed by atoms with Gasteiger partial charge in [-0.05, 0) is 51.0 Å². The summed E-state index contributed by atoms with van der Waals surface area (Å²) in [7, 11) is 0. The van der Waals surface area contributed by atoms with Gasteiger partial charge >= 0.3 is 0 Å². The molecule has 0 unspecified atom stereocenters.